The molecule has 1 aromatic carbocycles. The predicted octanol–water partition coefficient (Wildman–Crippen LogP) is 2.96. The number of alkyl halides is 1. The van der Waals surface area contributed by atoms with Crippen molar-refractivity contribution < 1.29 is 8.42 Å². The predicted molar refractivity (Wildman–Crippen MR) is 80.7 cm³/mol. The quantitative estimate of drug-likeness (QED) is 0.787. The molecular weight excluding hydrogens is 294 g/mol. The fourth-order valence-corrected chi connectivity index (χ4v) is 4.80. The van der Waals surface area contributed by atoms with Gasteiger partial charge in [0, 0.05) is 18.5 Å². The second kappa shape index (κ2) is 5.66. The lowest BCUT2D eigenvalue weighted by molar-refractivity contribution is 0.350. The summed E-state index contributed by atoms with van der Waals surface area (Å²) in [5, 5.41) is 0.116. The molecule has 0 bridgehead atoms. The second-order valence-electron chi connectivity index (χ2n) is 5.72. The number of piperidine rings is 1. The van der Waals surface area contributed by atoms with Gasteiger partial charge in [-0.15, -0.1) is 11.6 Å². The van der Waals surface area contributed by atoms with Gasteiger partial charge in [0.25, 0.3) is 0 Å². The molecule has 1 aliphatic carbocycles. The zero-order valence-electron chi connectivity index (χ0n) is 11.5. The van der Waals surface area contributed by atoms with Gasteiger partial charge in [-0.2, -0.15) is 4.31 Å². The number of fused-ring (bicyclic) bond motifs is 1. The molecule has 1 heterocycles. The summed E-state index contributed by atoms with van der Waals surface area (Å²) < 4.78 is 26.9. The standard InChI is InChI=1S/C15H20ClNO2S/c16-14-7-9-17(10-8-14)20(18,19)15-6-5-12-3-1-2-4-13(12)11-15/h5-6,11,14H,1-4,7-10H2. The third kappa shape index (κ3) is 2.74. The third-order valence-corrected chi connectivity index (χ3v) is 6.67. The van der Waals surface area contributed by atoms with Crippen LogP contribution in [0.25, 0.3) is 0 Å². The van der Waals surface area contributed by atoms with Crippen molar-refractivity contribution in [3.05, 3.63) is 29.3 Å². The van der Waals surface area contributed by atoms with Crippen LogP contribution in [-0.4, -0.2) is 31.2 Å². The van der Waals surface area contributed by atoms with Gasteiger partial charge in [-0.3, -0.25) is 0 Å². The number of rotatable bonds is 2. The highest BCUT2D eigenvalue weighted by atomic mass is 35.5. The Kier molecular flexibility index (Phi) is 4.07. The summed E-state index contributed by atoms with van der Waals surface area (Å²) in [5.41, 5.74) is 2.53. The van der Waals surface area contributed by atoms with Crippen LogP contribution in [0, 0.1) is 0 Å². The number of halogens is 1. The Balaban J connectivity index is 1.87. The molecule has 5 heteroatoms. The highest BCUT2D eigenvalue weighted by Gasteiger charge is 2.29. The van der Waals surface area contributed by atoms with E-state index >= 15 is 0 Å². The molecular formula is C15H20ClNO2S. The number of hydrogen-bond acceptors (Lipinski definition) is 2. The maximum absolute atomic E-state index is 12.7. The van der Waals surface area contributed by atoms with Gasteiger partial charge in [0.1, 0.15) is 0 Å². The van der Waals surface area contributed by atoms with Crippen LogP contribution in [0.2, 0.25) is 0 Å². The molecule has 110 valence electrons. The van der Waals surface area contributed by atoms with Crippen LogP contribution in [-0.2, 0) is 22.9 Å². The van der Waals surface area contributed by atoms with E-state index in [9.17, 15) is 8.42 Å². The molecule has 2 aliphatic rings. The van der Waals surface area contributed by atoms with Gasteiger partial charge in [0.15, 0.2) is 0 Å². The Morgan fingerprint density at radius 1 is 1.05 bits per heavy atom. The average molecular weight is 314 g/mol. The fourth-order valence-electron chi connectivity index (χ4n) is 3.08. The van der Waals surface area contributed by atoms with E-state index in [0.717, 1.165) is 32.1 Å². The van der Waals surface area contributed by atoms with Crippen molar-refractivity contribution >= 4 is 21.6 Å². The molecule has 3 nitrogen and oxygen atoms in total. The Bertz CT molecular complexity index is 592. The Labute approximate surface area is 126 Å². The van der Waals surface area contributed by atoms with E-state index in [4.69, 9.17) is 11.6 Å². The minimum Gasteiger partial charge on any atom is -0.207 e. The smallest absolute Gasteiger partial charge is 0.207 e. The lowest BCUT2D eigenvalue weighted by Gasteiger charge is -2.29. The zero-order chi connectivity index (χ0) is 14.2. The molecule has 3 rings (SSSR count). The molecule has 1 aromatic rings. The van der Waals surface area contributed by atoms with Crippen LogP contribution in [0.4, 0.5) is 0 Å². The minimum atomic E-state index is -3.34. The zero-order valence-corrected chi connectivity index (χ0v) is 13.1. The maximum Gasteiger partial charge on any atom is 0.243 e. The summed E-state index contributed by atoms with van der Waals surface area (Å²) in [5.74, 6) is 0. The first kappa shape index (κ1) is 14.4. The molecule has 0 amide bonds. The summed E-state index contributed by atoms with van der Waals surface area (Å²) in [6, 6.07) is 5.65. The number of aryl methyl sites for hydroxylation is 2. The highest BCUT2D eigenvalue weighted by molar-refractivity contribution is 7.89. The van der Waals surface area contributed by atoms with Crippen LogP contribution in [0.5, 0.6) is 0 Å². The van der Waals surface area contributed by atoms with Crippen LogP contribution < -0.4 is 0 Å². The van der Waals surface area contributed by atoms with E-state index in [0.29, 0.717) is 18.0 Å². The molecule has 1 saturated heterocycles. The van der Waals surface area contributed by atoms with Crippen molar-refractivity contribution in [1.82, 2.24) is 4.31 Å². The number of hydrogen-bond donors (Lipinski definition) is 0. The van der Waals surface area contributed by atoms with Crippen molar-refractivity contribution in [2.45, 2.75) is 48.8 Å². The van der Waals surface area contributed by atoms with E-state index in [1.54, 1.807) is 10.4 Å². The Morgan fingerprint density at radius 3 is 2.40 bits per heavy atom. The van der Waals surface area contributed by atoms with Crippen molar-refractivity contribution in [3.8, 4) is 0 Å². The summed E-state index contributed by atoms with van der Waals surface area (Å²) in [6.45, 7) is 1.07. The van der Waals surface area contributed by atoms with Crippen molar-refractivity contribution in [1.29, 1.82) is 0 Å². The largest absolute Gasteiger partial charge is 0.243 e. The number of nitrogens with zero attached hydrogens (tertiary/aromatic N) is 1. The average Bonchev–Trinajstić information content (AvgIpc) is 2.47. The van der Waals surface area contributed by atoms with Gasteiger partial charge < -0.3 is 0 Å². The van der Waals surface area contributed by atoms with Crippen molar-refractivity contribution in [3.63, 3.8) is 0 Å². The van der Waals surface area contributed by atoms with Crippen molar-refractivity contribution in [2.24, 2.45) is 0 Å². The molecule has 0 aromatic heterocycles. The Morgan fingerprint density at radius 2 is 1.70 bits per heavy atom. The van der Waals surface area contributed by atoms with E-state index in [-0.39, 0.29) is 5.38 Å². The molecule has 0 saturated carbocycles. The summed E-state index contributed by atoms with van der Waals surface area (Å²) in [6.07, 6.45) is 5.93. The SMILES string of the molecule is O=S(=O)(c1ccc2c(c1)CCCC2)N1CCC(Cl)CC1. The monoisotopic (exact) mass is 313 g/mol. The molecule has 20 heavy (non-hydrogen) atoms. The molecule has 1 aliphatic heterocycles. The van der Waals surface area contributed by atoms with Crippen LogP contribution >= 0.6 is 11.6 Å². The first-order valence-corrected chi connectivity index (χ1v) is 9.21. The molecule has 0 atom stereocenters. The normalized spacial score (nSPS) is 21.6. The van der Waals surface area contributed by atoms with Crippen molar-refractivity contribution in [2.75, 3.05) is 13.1 Å². The summed E-state index contributed by atoms with van der Waals surface area (Å²) in [7, 11) is -3.34. The second-order valence-corrected chi connectivity index (χ2v) is 8.27. The van der Waals surface area contributed by atoms with Crippen LogP contribution in [0.15, 0.2) is 23.1 Å². The minimum absolute atomic E-state index is 0.116. The van der Waals surface area contributed by atoms with Crippen LogP contribution in [0.3, 0.4) is 0 Å². The summed E-state index contributed by atoms with van der Waals surface area (Å²) in [4.78, 5) is 0.450. The molecule has 1 fully saturated rings. The van der Waals surface area contributed by atoms with Crippen LogP contribution in [0.1, 0.15) is 36.8 Å². The fraction of sp³-hybridized carbons (Fsp3) is 0.600. The molecule has 0 unspecified atom stereocenters. The van der Waals surface area contributed by atoms with Gasteiger partial charge in [-0.1, -0.05) is 6.07 Å². The molecule has 0 N–H and O–H groups in total. The van der Waals surface area contributed by atoms with Gasteiger partial charge in [0.2, 0.25) is 10.0 Å². The van der Waals surface area contributed by atoms with E-state index in [1.807, 2.05) is 12.1 Å². The highest BCUT2D eigenvalue weighted by Crippen LogP contribution is 2.27. The van der Waals surface area contributed by atoms with E-state index in [1.165, 1.54) is 17.5 Å². The molecule has 0 radical (unpaired) electrons. The lowest BCUT2D eigenvalue weighted by Crippen LogP contribution is -2.38. The lowest BCUT2D eigenvalue weighted by atomic mass is 9.92. The first-order valence-electron chi connectivity index (χ1n) is 7.33. The Hall–Kier alpha value is -0.580. The summed E-state index contributed by atoms with van der Waals surface area (Å²) >= 11 is 6.05. The third-order valence-electron chi connectivity index (χ3n) is 4.34. The van der Waals surface area contributed by atoms with Gasteiger partial charge in [-0.05, 0) is 61.8 Å². The van der Waals surface area contributed by atoms with E-state index < -0.39 is 10.0 Å². The maximum atomic E-state index is 12.7. The number of sulfonamides is 1. The van der Waals surface area contributed by atoms with Gasteiger partial charge in [0.05, 0.1) is 4.90 Å². The first-order chi connectivity index (χ1) is 9.57. The van der Waals surface area contributed by atoms with E-state index in [2.05, 4.69) is 0 Å². The topological polar surface area (TPSA) is 37.4 Å². The van der Waals surface area contributed by atoms with Gasteiger partial charge >= 0.3 is 0 Å². The molecule has 0 spiro atoms. The van der Waals surface area contributed by atoms with Gasteiger partial charge in [-0.25, -0.2) is 8.42 Å². The number of benzene rings is 1.